The predicted octanol–water partition coefficient (Wildman–Crippen LogP) is 0.422. The van der Waals surface area contributed by atoms with Gasteiger partial charge in [-0.05, 0) is 13.8 Å². The number of ether oxygens (including phenoxy) is 2. The van der Waals surface area contributed by atoms with E-state index < -0.39 is 6.09 Å². The highest BCUT2D eigenvalue weighted by atomic mass is 16.6. The highest BCUT2D eigenvalue weighted by Crippen LogP contribution is 2.01. The van der Waals surface area contributed by atoms with Crippen LogP contribution in [0.15, 0.2) is 0 Å². The van der Waals surface area contributed by atoms with Crippen LogP contribution in [0, 0.1) is 0 Å². The molecule has 0 aromatic carbocycles. The third-order valence-corrected chi connectivity index (χ3v) is 2.33. The molecule has 0 spiro atoms. The fraction of sp³-hybridized carbons (Fsp3) is 0.800. The average molecular weight is 245 g/mol. The van der Waals surface area contributed by atoms with Crippen LogP contribution in [-0.4, -0.2) is 61.5 Å². The minimum atomic E-state index is -0.461. The number of hydrazine groups is 1. The van der Waals surface area contributed by atoms with E-state index in [4.69, 9.17) is 9.47 Å². The van der Waals surface area contributed by atoms with E-state index in [1.807, 2.05) is 0 Å². The lowest BCUT2D eigenvalue weighted by Gasteiger charge is -2.33. The van der Waals surface area contributed by atoms with Gasteiger partial charge >= 0.3 is 12.2 Å². The van der Waals surface area contributed by atoms with E-state index >= 15 is 0 Å². The molecule has 0 aromatic rings. The quantitative estimate of drug-likeness (QED) is 0.780. The molecular formula is C10H19N3O4. The average Bonchev–Trinajstić information content (AvgIpc) is 2.30. The summed E-state index contributed by atoms with van der Waals surface area (Å²) in [6, 6.07) is 0. The summed E-state index contributed by atoms with van der Waals surface area (Å²) < 4.78 is 9.65. The van der Waals surface area contributed by atoms with Crippen molar-refractivity contribution in [2.45, 2.75) is 13.8 Å². The van der Waals surface area contributed by atoms with E-state index in [1.54, 1.807) is 23.8 Å². The van der Waals surface area contributed by atoms with Crippen LogP contribution in [0.5, 0.6) is 0 Å². The summed E-state index contributed by atoms with van der Waals surface area (Å²) in [4.78, 5) is 24.2. The minimum absolute atomic E-state index is 0.303. The molecule has 7 heteroatoms. The number of hydrogen-bond acceptors (Lipinski definition) is 5. The molecule has 1 aliphatic heterocycles. The van der Waals surface area contributed by atoms with Crippen LogP contribution in [0.25, 0.3) is 0 Å². The van der Waals surface area contributed by atoms with Crippen molar-refractivity contribution in [1.29, 1.82) is 0 Å². The first kappa shape index (κ1) is 13.6. The van der Waals surface area contributed by atoms with Gasteiger partial charge in [-0.15, -0.1) is 0 Å². The summed E-state index contributed by atoms with van der Waals surface area (Å²) in [5, 5.41) is 1.73. The molecule has 0 radical (unpaired) electrons. The lowest BCUT2D eigenvalue weighted by Crippen LogP contribution is -2.54. The second kappa shape index (κ2) is 6.95. The van der Waals surface area contributed by atoms with Crippen molar-refractivity contribution in [2.75, 3.05) is 39.4 Å². The van der Waals surface area contributed by atoms with Gasteiger partial charge < -0.3 is 14.4 Å². The molecule has 1 saturated heterocycles. The van der Waals surface area contributed by atoms with Gasteiger partial charge in [0.15, 0.2) is 0 Å². The summed E-state index contributed by atoms with van der Waals surface area (Å²) in [6.45, 7) is 6.44. The molecule has 98 valence electrons. The zero-order valence-electron chi connectivity index (χ0n) is 10.3. The fourth-order valence-corrected chi connectivity index (χ4v) is 1.51. The maximum absolute atomic E-state index is 11.4. The van der Waals surface area contributed by atoms with Crippen molar-refractivity contribution in [2.24, 2.45) is 0 Å². The monoisotopic (exact) mass is 245 g/mol. The molecule has 0 saturated carbocycles. The summed E-state index contributed by atoms with van der Waals surface area (Å²) in [5.74, 6) is 0. The molecule has 0 atom stereocenters. The SMILES string of the molecule is CCOC(=O)NN1CCN(C(=O)OCC)CC1. The van der Waals surface area contributed by atoms with Gasteiger partial charge in [0.1, 0.15) is 0 Å². The summed E-state index contributed by atoms with van der Waals surface area (Å²) in [5.41, 5.74) is 2.60. The smallest absolute Gasteiger partial charge is 0.421 e. The number of rotatable bonds is 3. The van der Waals surface area contributed by atoms with Crippen molar-refractivity contribution >= 4 is 12.2 Å². The van der Waals surface area contributed by atoms with Crippen LogP contribution in [-0.2, 0) is 9.47 Å². The Kier molecular flexibility index (Phi) is 5.55. The molecule has 1 fully saturated rings. The third-order valence-electron chi connectivity index (χ3n) is 2.33. The molecule has 17 heavy (non-hydrogen) atoms. The van der Waals surface area contributed by atoms with Crippen molar-refractivity contribution in [1.82, 2.24) is 15.3 Å². The van der Waals surface area contributed by atoms with Gasteiger partial charge in [0, 0.05) is 26.2 Å². The van der Waals surface area contributed by atoms with E-state index in [9.17, 15) is 9.59 Å². The Bertz CT molecular complexity index is 264. The summed E-state index contributed by atoms with van der Waals surface area (Å²) in [6.07, 6.45) is -0.764. The zero-order chi connectivity index (χ0) is 12.7. The Hall–Kier alpha value is -1.50. The molecule has 0 aliphatic carbocycles. The number of nitrogens with one attached hydrogen (secondary N) is 1. The Morgan fingerprint density at radius 1 is 1.06 bits per heavy atom. The van der Waals surface area contributed by atoms with Crippen LogP contribution >= 0.6 is 0 Å². The third kappa shape index (κ3) is 4.48. The largest absolute Gasteiger partial charge is 0.450 e. The van der Waals surface area contributed by atoms with Crippen molar-refractivity contribution in [3.63, 3.8) is 0 Å². The number of carbonyl (C=O) groups is 2. The van der Waals surface area contributed by atoms with E-state index in [0.29, 0.717) is 39.4 Å². The number of carbonyl (C=O) groups excluding carboxylic acids is 2. The fourth-order valence-electron chi connectivity index (χ4n) is 1.51. The summed E-state index contributed by atoms with van der Waals surface area (Å²) in [7, 11) is 0. The molecule has 1 N–H and O–H groups in total. The van der Waals surface area contributed by atoms with Gasteiger partial charge in [0.2, 0.25) is 0 Å². The van der Waals surface area contributed by atoms with E-state index in [1.165, 1.54) is 0 Å². The van der Waals surface area contributed by atoms with Crippen LogP contribution in [0.1, 0.15) is 13.8 Å². The lowest BCUT2D eigenvalue weighted by atomic mass is 10.4. The van der Waals surface area contributed by atoms with Crippen LogP contribution < -0.4 is 5.43 Å². The van der Waals surface area contributed by atoms with Crippen molar-refractivity contribution in [3.05, 3.63) is 0 Å². The van der Waals surface area contributed by atoms with Crippen LogP contribution in [0.4, 0.5) is 9.59 Å². The maximum atomic E-state index is 11.4. The number of piperazine rings is 1. The molecule has 2 amide bonds. The second-order valence-electron chi connectivity index (χ2n) is 3.51. The molecule has 1 rings (SSSR count). The highest BCUT2D eigenvalue weighted by molar-refractivity contribution is 5.68. The van der Waals surface area contributed by atoms with Gasteiger partial charge in [-0.1, -0.05) is 0 Å². The second-order valence-corrected chi connectivity index (χ2v) is 3.51. The van der Waals surface area contributed by atoms with E-state index in [2.05, 4.69) is 5.43 Å². The van der Waals surface area contributed by atoms with E-state index in [0.717, 1.165) is 0 Å². The molecule has 0 bridgehead atoms. The van der Waals surface area contributed by atoms with Crippen LogP contribution in [0.2, 0.25) is 0 Å². The number of amides is 2. The van der Waals surface area contributed by atoms with Crippen molar-refractivity contribution in [3.8, 4) is 0 Å². The number of nitrogens with zero attached hydrogens (tertiary/aromatic N) is 2. The molecular weight excluding hydrogens is 226 g/mol. The lowest BCUT2D eigenvalue weighted by molar-refractivity contribution is 0.0565. The topological polar surface area (TPSA) is 71.1 Å². The first-order chi connectivity index (χ1) is 8.17. The van der Waals surface area contributed by atoms with Gasteiger partial charge in [-0.25, -0.2) is 14.6 Å². The Labute approximate surface area is 101 Å². The highest BCUT2D eigenvalue weighted by Gasteiger charge is 2.22. The van der Waals surface area contributed by atoms with E-state index in [-0.39, 0.29) is 6.09 Å². The van der Waals surface area contributed by atoms with Crippen LogP contribution in [0.3, 0.4) is 0 Å². The first-order valence-electron chi connectivity index (χ1n) is 5.77. The predicted molar refractivity (Wildman–Crippen MR) is 60.3 cm³/mol. The molecule has 7 nitrogen and oxygen atoms in total. The Morgan fingerprint density at radius 2 is 1.65 bits per heavy atom. The maximum Gasteiger partial charge on any atom is 0.421 e. The van der Waals surface area contributed by atoms with Gasteiger partial charge in [0.25, 0.3) is 0 Å². The molecule has 0 aromatic heterocycles. The Morgan fingerprint density at radius 3 is 2.18 bits per heavy atom. The van der Waals surface area contributed by atoms with Gasteiger partial charge in [0.05, 0.1) is 13.2 Å². The zero-order valence-corrected chi connectivity index (χ0v) is 10.3. The standard InChI is InChI=1S/C10H19N3O4/c1-3-16-9(14)11-13-7-5-12(6-8-13)10(15)17-4-2/h3-8H2,1-2H3,(H,11,14). The van der Waals surface area contributed by atoms with Crippen molar-refractivity contribution < 1.29 is 19.1 Å². The molecule has 0 unspecified atom stereocenters. The minimum Gasteiger partial charge on any atom is -0.450 e. The first-order valence-corrected chi connectivity index (χ1v) is 5.77. The van der Waals surface area contributed by atoms with Gasteiger partial charge in [-0.2, -0.15) is 0 Å². The Balaban J connectivity index is 2.26. The molecule has 1 aliphatic rings. The summed E-state index contributed by atoms with van der Waals surface area (Å²) >= 11 is 0. The van der Waals surface area contributed by atoms with Gasteiger partial charge in [-0.3, -0.25) is 5.43 Å². The molecule has 1 heterocycles. The number of hydrogen-bond donors (Lipinski definition) is 1. The normalized spacial score (nSPS) is 16.5.